The minimum atomic E-state index is 0.115. The second kappa shape index (κ2) is 6.04. The Balaban J connectivity index is 3.26. The maximum Gasteiger partial charge on any atom is 0.222 e. The molecule has 0 aromatic carbocycles. The van der Waals surface area contributed by atoms with Gasteiger partial charge in [-0.3, -0.25) is 4.79 Å². The van der Waals surface area contributed by atoms with Crippen LogP contribution >= 0.6 is 0 Å². The van der Waals surface area contributed by atoms with Gasteiger partial charge in [0.15, 0.2) is 0 Å². The van der Waals surface area contributed by atoms with Gasteiger partial charge in [0.05, 0.1) is 0 Å². The Labute approximate surface area is 75.7 Å². The topological polar surface area (TPSA) is 29.1 Å². The van der Waals surface area contributed by atoms with Gasteiger partial charge in [-0.25, -0.2) is 0 Å². The van der Waals surface area contributed by atoms with E-state index >= 15 is 0 Å². The van der Waals surface area contributed by atoms with Crippen molar-refractivity contribution in [2.75, 3.05) is 6.54 Å². The van der Waals surface area contributed by atoms with Crippen molar-refractivity contribution in [2.45, 2.75) is 40.5 Å². The first-order valence-corrected chi connectivity index (χ1v) is 4.81. The summed E-state index contributed by atoms with van der Waals surface area (Å²) < 4.78 is 0. The predicted octanol–water partition coefficient (Wildman–Crippen LogP) is 2.19. The molecule has 0 saturated carbocycles. The van der Waals surface area contributed by atoms with Gasteiger partial charge in [-0.1, -0.05) is 27.7 Å². The summed E-state index contributed by atoms with van der Waals surface area (Å²) in [7, 11) is 0. The quantitative estimate of drug-likeness (QED) is 0.631. The molecule has 0 spiro atoms. The third-order valence-electron chi connectivity index (χ3n) is 1.78. The van der Waals surface area contributed by atoms with Gasteiger partial charge in [0.1, 0.15) is 0 Å². The summed E-state index contributed by atoms with van der Waals surface area (Å²) in [5.41, 5.74) is 0. The number of rotatable bonds is 5. The van der Waals surface area contributed by atoms with Crippen molar-refractivity contribution in [3.8, 4) is 0 Å². The van der Waals surface area contributed by atoms with E-state index in [2.05, 4.69) is 19.2 Å². The first kappa shape index (κ1) is 11.5. The molecule has 0 saturated heterocycles. The fraction of sp³-hybridized carbons (Fsp3) is 0.900. The second-order valence-electron chi connectivity index (χ2n) is 3.98. The smallest absolute Gasteiger partial charge is 0.222 e. The highest BCUT2D eigenvalue weighted by atomic mass is 16.1. The van der Waals surface area contributed by atoms with Crippen molar-refractivity contribution in [3.05, 3.63) is 0 Å². The lowest BCUT2D eigenvalue weighted by atomic mass is 10.1. The highest BCUT2D eigenvalue weighted by molar-refractivity contribution is 5.77. The molecular weight excluding hydrogens is 150 g/mol. The van der Waals surface area contributed by atoms with Crippen LogP contribution in [-0.2, 0) is 4.79 Å². The Hall–Kier alpha value is -0.530. The zero-order valence-corrected chi connectivity index (χ0v) is 8.68. The van der Waals surface area contributed by atoms with Crippen molar-refractivity contribution in [2.24, 2.45) is 11.8 Å². The molecule has 0 bridgehead atoms. The molecule has 0 aliphatic heterocycles. The molecule has 0 fully saturated rings. The Morgan fingerprint density at radius 2 is 1.83 bits per heavy atom. The third kappa shape index (κ3) is 6.20. The molecule has 0 atom stereocenters. The van der Waals surface area contributed by atoms with Crippen LogP contribution in [0.3, 0.4) is 0 Å². The van der Waals surface area contributed by atoms with E-state index in [1.54, 1.807) is 0 Å². The molecule has 72 valence electrons. The Kier molecular flexibility index (Phi) is 5.77. The molecule has 0 aromatic heterocycles. The molecule has 1 N–H and O–H groups in total. The van der Waals surface area contributed by atoms with Crippen LogP contribution in [0.5, 0.6) is 0 Å². The number of carbonyl (C=O) groups is 1. The van der Waals surface area contributed by atoms with Crippen LogP contribution in [0.15, 0.2) is 0 Å². The Bertz CT molecular complexity index is 130. The van der Waals surface area contributed by atoms with E-state index in [0.29, 0.717) is 0 Å². The van der Waals surface area contributed by atoms with Gasteiger partial charge in [-0.2, -0.15) is 0 Å². The van der Waals surface area contributed by atoms with Gasteiger partial charge in [0.2, 0.25) is 5.91 Å². The molecule has 0 radical (unpaired) electrons. The van der Waals surface area contributed by atoms with E-state index in [0.717, 1.165) is 18.9 Å². The largest absolute Gasteiger partial charge is 0.356 e. The monoisotopic (exact) mass is 171 g/mol. The summed E-state index contributed by atoms with van der Waals surface area (Å²) in [5, 5.41) is 2.90. The van der Waals surface area contributed by atoms with Crippen molar-refractivity contribution >= 4 is 5.91 Å². The minimum Gasteiger partial charge on any atom is -0.356 e. The van der Waals surface area contributed by atoms with Crippen molar-refractivity contribution < 1.29 is 4.79 Å². The van der Waals surface area contributed by atoms with Crippen molar-refractivity contribution in [1.29, 1.82) is 0 Å². The van der Waals surface area contributed by atoms with Gasteiger partial charge in [-0.05, 0) is 18.8 Å². The van der Waals surface area contributed by atoms with Gasteiger partial charge in [-0.15, -0.1) is 0 Å². The number of hydrogen-bond donors (Lipinski definition) is 1. The second-order valence-corrected chi connectivity index (χ2v) is 3.98. The summed E-state index contributed by atoms with van der Waals surface area (Å²) in [5.74, 6) is 1.02. The van der Waals surface area contributed by atoms with Crippen LogP contribution in [0.1, 0.15) is 40.5 Å². The lowest BCUT2D eigenvalue weighted by Crippen LogP contribution is -2.28. The highest BCUT2D eigenvalue weighted by Crippen LogP contribution is 2.02. The van der Waals surface area contributed by atoms with Crippen LogP contribution in [0.4, 0.5) is 0 Å². The molecular formula is C10H21NO. The maximum atomic E-state index is 11.1. The number of amides is 1. The standard InChI is InChI=1S/C10H21NO/c1-8(2)6-5-7-11-10(12)9(3)4/h8-9H,5-7H2,1-4H3,(H,11,12). The van der Waals surface area contributed by atoms with E-state index in [9.17, 15) is 4.79 Å². The fourth-order valence-corrected chi connectivity index (χ4v) is 0.926. The van der Waals surface area contributed by atoms with Crippen molar-refractivity contribution in [3.63, 3.8) is 0 Å². The zero-order chi connectivity index (χ0) is 9.56. The predicted molar refractivity (Wildman–Crippen MR) is 51.9 cm³/mol. The molecule has 0 aliphatic rings. The average Bonchev–Trinajstić information content (AvgIpc) is 1.97. The molecule has 2 nitrogen and oxygen atoms in total. The van der Waals surface area contributed by atoms with E-state index < -0.39 is 0 Å². The van der Waals surface area contributed by atoms with Gasteiger partial charge in [0.25, 0.3) is 0 Å². The Morgan fingerprint density at radius 1 is 1.25 bits per heavy atom. The SMILES string of the molecule is CC(C)CCCNC(=O)C(C)C. The molecule has 2 heteroatoms. The van der Waals surface area contributed by atoms with Crippen LogP contribution in [0, 0.1) is 11.8 Å². The van der Waals surface area contributed by atoms with Crippen LogP contribution in [-0.4, -0.2) is 12.5 Å². The average molecular weight is 171 g/mol. The molecule has 0 heterocycles. The van der Waals surface area contributed by atoms with Crippen LogP contribution < -0.4 is 5.32 Å². The molecule has 0 rings (SSSR count). The minimum absolute atomic E-state index is 0.115. The van der Waals surface area contributed by atoms with Crippen LogP contribution in [0.25, 0.3) is 0 Å². The lowest BCUT2D eigenvalue weighted by molar-refractivity contribution is -0.123. The van der Waals surface area contributed by atoms with Gasteiger partial charge < -0.3 is 5.32 Å². The molecule has 0 aliphatic carbocycles. The van der Waals surface area contributed by atoms with E-state index in [1.165, 1.54) is 6.42 Å². The summed E-state index contributed by atoms with van der Waals surface area (Å²) >= 11 is 0. The molecule has 0 unspecified atom stereocenters. The number of nitrogens with one attached hydrogen (secondary N) is 1. The van der Waals surface area contributed by atoms with Gasteiger partial charge in [0, 0.05) is 12.5 Å². The first-order valence-electron chi connectivity index (χ1n) is 4.81. The molecule has 1 amide bonds. The van der Waals surface area contributed by atoms with E-state index in [-0.39, 0.29) is 11.8 Å². The summed E-state index contributed by atoms with van der Waals surface area (Å²) in [6.07, 6.45) is 2.29. The van der Waals surface area contributed by atoms with Crippen LogP contribution in [0.2, 0.25) is 0 Å². The summed E-state index contributed by atoms with van der Waals surface area (Å²) in [4.78, 5) is 11.1. The first-order chi connectivity index (χ1) is 5.54. The normalized spacial score (nSPS) is 10.8. The van der Waals surface area contributed by atoms with Gasteiger partial charge >= 0.3 is 0 Å². The van der Waals surface area contributed by atoms with E-state index in [4.69, 9.17) is 0 Å². The maximum absolute atomic E-state index is 11.1. The zero-order valence-electron chi connectivity index (χ0n) is 8.68. The highest BCUT2D eigenvalue weighted by Gasteiger charge is 2.04. The van der Waals surface area contributed by atoms with E-state index in [1.807, 2.05) is 13.8 Å². The number of hydrogen-bond acceptors (Lipinski definition) is 1. The van der Waals surface area contributed by atoms with Crippen molar-refractivity contribution in [1.82, 2.24) is 5.32 Å². The number of carbonyl (C=O) groups excluding carboxylic acids is 1. The summed E-state index contributed by atoms with van der Waals surface area (Å²) in [6, 6.07) is 0. The fourth-order valence-electron chi connectivity index (χ4n) is 0.926. The molecule has 0 aromatic rings. The third-order valence-corrected chi connectivity index (χ3v) is 1.78. The molecule has 12 heavy (non-hydrogen) atoms. The summed E-state index contributed by atoms with van der Waals surface area (Å²) in [6.45, 7) is 9.05. The lowest BCUT2D eigenvalue weighted by Gasteiger charge is -2.08. The Morgan fingerprint density at radius 3 is 2.25 bits per heavy atom.